The number of aliphatic carboxylic acids is 4. The van der Waals surface area contributed by atoms with Crippen molar-refractivity contribution in [3.63, 3.8) is 0 Å². The van der Waals surface area contributed by atoms with E-state index in [1.165, 1.54) is 0 Å². The van der Waals surface area contributed by atoms with Crippen LogP contribution < -0.4 is 0 Å². The summed E-state index contributed by atoms with van der Waals surface area (Å²) in [6, 6.07) is -3.06. The predicted octanol–water partition coefficient (Wildman–Crippen LogP) is -0.785. The van der Waals surface area contributed by atoms with Crippen molar-refractivity contribution in [1.29, 1.82) is 0 Å². The number of nitrogens with zero attached hydrogens (tertiary/aromatic N) is 8. The van der Waals surface area contributed by atoms with Gasteiger partial charge in [-0.25, -0.2) is 9.78 Å². The number of hydrogen-bond acceptors (Lipinski definition) is 18. The van der Waals surface area contributed by atoms with Gasteiger partial charge in [-0.3, -0.25) is 68.9 Å². The molecule has 0 saturated carbocycles. The van der Waals surface area contributed by atoms with Crippen LogP contribution in [0.2, 0.25) is 0 Å². The van der Waals surface area contributed by atoms with Crippen LogP contribution in [-0.4, -0.2) is 283 Å². The lowest BCUT2D eigenvalue weighted by atomic mass is 10.1. The van der Waals surface area contributed by atoms with Crippen LogP contribution >= 0.6 is 0 Å². The first-order chi connectivity index (χ1) is 29.5. The van der Waals surface area contributed by atoms with E-state index in [9.17, 15) is 49.8 Å². The summed E-state index contributed by atoms with van der Waals surface area (Å²) in [4.78, 5) is 71.1. The predicted molar refractivity (Wildman–Crippen MR) is 235 cm³/mol. The molecule has 9 atom stereocenters. The summed E-state index contributed by atoms with van der Waals surface area (Å²) in [5.74, 6) is -3.58. The third-order valence-corrected chi connectivity index (χ3v) is 12.7. The molecule has 2 aliphatic heterocycles. The summed E-state index contributed by atoms with van der Waals surface area (Å²) in [6.07, 6.45) is -1.12. The lowest BCUT2D eigenvalue weighted by Crippen LogP contribution is -2.54. The van der Waals surface area contributed by atoms with Gasteiger partial charge in [0.1, 0.15) is 24.2 Å². The van der Waals surface area contributed by atoms with Crippen LogP contribution in [-0.2, 0) is 29.0 Å². The van der Waals surface area contributed by atoms with Crippen molar-refractivity contribution in [2.75, 3.05) is 124 Å². The number of carboxylic acid groups (broad SMARTS) is 4. The van der Waals surface area contributed by atoms with Crippen molar-refractivity contribution in [3.05, 3.63) is 0 Å². The number of β-amino-alcohol motifs (C(OH)–C–C–N with tert-alkyl or cyclic N) is 1. The quantitative estimate of drug-likeness (QED) is 0.0619. The zero-order valence-electron chi connectivity index (χ0n) is 39.2. The first-order valence-corrected chi connectivity index (χ1v) is 22.3. The third kappa shape index (κ3) is 21.5. The van der Waals surface area contributed by atoms with Crippen LogP contribution in [0, 0.1) is 0 Å². The van der Waals surface area contributed by atoms with Gasteiger partial charge in [-0.05, 0) is 62.3 Å². The molecule has 0 aromatic heterocycles. The van der Waals surface area contributed by atoms with Gasteiger partial charge in [0.2, 0.25) is 0 Å². The van der Waals surface area contributed by atoms with Crippen molar-refractivity contribution in [2.45, 2.75) is 117 Å². The van der Waals surface area contributed by atoms with Crippen molar-refractivity contribution in [1.82, 2.24) is 39.2 Å². The molecular weight excluding hydrogens is 828 g/mol. The number of aliphatic hydroxyl groups excluding tert-OH is 2. The molecule has 0 aromatic carbocycles. The summed E-state index contributed by atoms with van der Waals surface area (Å²) in [5, 5.41) is 76.0. The zero-order chi connectivity index (χ0) is 48.0. The normalized spacial score (nSPS) is 23.6. The van der Waals surface area contributed by atoms with Crippen molar-refractivity contribution in [3.8, 4) is 0 Å². The molecule has 0 amide bonds. The minimum Gasteiger partial charge on any atom is -0.480 e. The van der Waals surface area contributed by atoms with Gasteiger partial charge >= 0.3 is 23.9 Å². The van der Waals surface area contributed by atoms with E-state index in [1.807, 2.05) is 40.4 Å². The van der Waals surface area contributed by atoms with Crippen LogP contribution in [0.5, 0.6) is 0 Å². The van der Waals surface area contributed by atoms with E-state index in [0.29, 0.717) is 111 Å². The maximum atomic E-state index is 11.7. The van der Waals surface area contributed by atoms with Gasteiger partial charge in [-0.2, -0.15) is 0 Å². The lowest BCUT2D eigenvalue weighted by molar-refractivity contribution is -0.251. The van der Waals surface area contributed by atoms with Gasteiger partial charge in [-0.1, -0.05) is 0 Å². The van der Waals surface area contributed by atoms with E-state index in [4.69, 9.17) is 10.5 Å². The molecule has 63 heavy (non-hydrogen) atoms. The van der Waals surface area contributed by atoms with Gasteiger partial charge < -0.3 is 30.6 Å². The van der Waals surface area contributed by atoms with Gasteiger partial charge in [0, 0.05) is 129 Å². The molecule has 0 aliphatic carbocycles. The van der Waals surface area contributed by atoms with E-state index < -0.39 is 60.3 Å². The first kappa shape index (κ1) is 58.3. The number of carboxylic acids is 4. The van der Waals surface area contributed by atoms with E-state index >= 15 is 0 Å². The van der Waals surface area contributed by atoms with E-state index in [0.717, 1.165) is 0 Å². The molecule has 370 valence electrons. The molecule has 0 spiro atoms. The Kier molecular flexibility index (Phi) is 28.3. The maximum absolute atomic E-state index is 11.7. The van der Waals surface area contributed by atoms with Crippen LogP contribution in [0.1, 0.15) is 62.3 Å². The topological polar surface area (TPSA) is 274 Å². The largest absolute Gasteiger partial charge is 0.480 e. The molecule has 22 heteroatoms. The van der Waals surface area contributed by atoms with Gasteiger partial charge in [0.15, 0.2) is 0 Å². The fraction of sp³-hybridized carbons (Fsp3) is 0.902. The van der Waals surface area contributed by atoms with Crippen LogP contribution in [0.15, 0.2) is 0 Å². The number of rotatable bonds is 18. The Balaban J connectivity index is 0.000000630. The van der Waals surface area contributed by atoms with Gasteiger partial charge in [-0.15, -0.1) is 0 Å². The Labute approximate surface area is 373 Å². The van der Waals surface area contributed by atoms with Crippen LogP contribution in [0.4, 0.5) is 0 Å². The second kappa shape index (κ2) is 30.5. The molecule has 2 fully saturated rings. The Bertz CT molecular complexity index is 1250. The van der Waals surface area contributed by atoms with E-state index in [2.05, 4.69) is 29.4 Å². The molecule has 0 radical (unpaired) electrons. The minimum absolute atomic E-state index is 0.0999. The summed E-state index contributed by atoms with van der Waals surface area (Å²) >= 11 is 0. The first-order valence-electron chi connectivity index (χ1n) is 22.3. The number of aliphatic hydroxyl groups is 2. The minimum atomic E-state index is -0.896. The standard InChI is InChI=1S/C21H42N4O7.C20H40N4O7/c1-15(14-32-31)22-6-8-24(17(3)20(27)28)12-10-23(16(2)19(5)26)11-13-25(9-7-22)18(4)21(29)30;1-15(14-31-30)22-9-11-23(17(3)19(26)27)7-5-21(13-16(2)25)6-8-24(12-10-22)18(4)20(28)29/h15-19,26,31H,6-14H2,1-5H3,(H,27,28)(H,29,30);15-18,25,30H,5-14H2,1-4H3,(H,26,27)(H,28,29). The molecule has 2 aliphatic rings. The zero-order valence-corrected chi connectivity index (χ0v) is 39.2. The highest BCUT2D eigenvalue weighted by atomic mass is 17.1. The molecule has 0 aromatic rings. The lowest BCUT2D eigenvalue weighted by Gasteiger charge is -2.39. The molecule has 2 saturated heterocycles. The Morgan fingerprint density at radius 2 is 0.651 bits per heavy atom. The highest BCUT2D eigenvalue weighted by Crippen LogP contribution is 2.13. The van der Waals surface area contributed by atoms with Crippen molar-refractivity contribution >= 4 is 23.9 Å². The second-order valence-electron chi connectivity index (χ2n) is 17.2. The van der Waals surface area contributed by atoms with Crippen LogP contribution in [0.3, 0.4) is 0 Å². The van der Waals surface area contributed by atoms with E-state index in [1.54, 1.807) is 41.5 Å². The SMILES string of the molecule is CC(O)C(C)N1CCN(C(C)C(=O)O)CCN(C(C)COO)CCN(C(C)C(=O)O)CC1.CC(O)CN1CCN(C(C)C(=O)O)CCN(C(C)COO)CCN(C(C)C(=O)O)CC1. The average Bonchev–Trinajstić information content (AvgIpc) is 3.20. The fourth-order valence-corrected chi connectivity index (χ4v) is 7.73. The summed E-state index contributed by atoms with van der Waals surface area (Å²) in [7, 11) is 0. The Morgan fingerprint density at radius 3 is 0.873 bits per heavy atom. The maximum Gasteiger partial charge on any atom is 0.320 e. The molecule has 22 nitrogen and oxygen atoms in total. The van der Waals surface area contributed by atoms with Crippen LogP contribution in [0.25, 0.3) is 0 Å². The van der Waals surface area contributed by atoms with E-state index in [-0.39, 0.29) is 31.3 Å². The Hall–Kier alpha value is -2.68. The smallest absolute Gasteiger partial charge is 0.320 e. The van der Waals surface area contributed by atoms with Crippen molar-refractivity contribution in [2.24, 2.45) is 0 Å². The molecule has 8 N–H and O–H groups in total. The molecule has 2 rings (SSSR count). The van der Waals surface area contributed by atoms with Gasteiger partial charge in [0.05, 0.1) is 25.4 Å². The highest BCUT2D eigenvalue weighted by molar-refractivity contribution is 5.74. The third-order valence-electron chi connectivity index (χ3n) is 12.7. The average molecular weight is 911 g/mol. The summed E-state index contributed by atoms with van der Waals surface area (Å²) in [6.45, 7) is 24.9. The fourth-order valence-electron chi connectivity index (χ4n) is 7.73. The summed E-state index contributed by atoms with van der Waals surface area (Å²) in [5.41, 5.74) is 0. The molecule has 0 bridgehead atoms. The number of carbonyl (C=O) groups is 4. The number of hydrogen-bond donors (Lipinski definition) is 8. The summed E-state index contributed by atoms with van der Waals surface area (Å²) < 4.78 is 0. The second-order valence-corrected chi connectivity index (χ2v) is 17.2. The molecular formula is C41H82N8O14. The van der Waals surface area contributed by atoms with Gasteiger partial charge in [0.25, 0.3) is 0 Å². The monoisotopic (exact) mass is 911 g/mol. The highest BCUT2D eigenvalue weighted by Gasteiger charge is 2.30. The molecule has 9 unspecified atom stereocenters. The van der Waals surface area contributed by atoms with Crippen molar-refractivity contribution < 1.29 is 70.1 Å². The molecule has 2 heterocycles. The Morgan fingerprint density at radius 1 is 0.413 bits per heavy atom.